The zero-order valence-corrected chi connectivity index (χ0v) is 11.9. The molecule has 0 saturated heterocycles. The monoisotopic (exact) mass is 282 g/mol. The zero-order chi connectivity index (χ0) is 14.0. The van der Waals surface area contributed by atoms with E-state index in [2.05, 4.69) is 5.32 Å². The van der Waals surface area contributed by atoms with Crippen LogP contribution in [0, 0.1) is 0 Å². The first-order chi connectivity index (χ1) is 9.02. The highest BCUT2D eigenvalue weighted by Crippen LogP contribution is 2.39. The third kappa shape index (κ3) is 2.96. The van der Waals surface area contributed by atoms with Gasteiger partial charge in [-0.3, -0.25) is 4.79 Å². The standard InChI is InChI=1S/C13H18N2O3S/c1-7(14)6-10(16)15-12-11(13(17)18-2)8-4-3-5-9(8)19-12/h7H,3-6,14H2,1-2H3,(H,15,16). The lowest BCUT2D eigenvalue weighted by molar-refractivity contribution is -0.116. The van der Waals surface area contributed by atoms with E-state index < -0.39 is 0 Å². The van der Waals surface area contributed by atoms with Crippen molar-refractivity contribution in [2.75, 3.05) is 12.4 Å². The first kappa shape index (κ1) is 14.0. The largest absolute Gasteiger partial charge is 0.465 e. The van der Waals surface area contributed by atoms with Crippen molar-refractivity contribution in [1.29, 1.82) is 0 Å². The third-order valence-corrected chi connectivity index (χ3v) is 4.28. The molecule has 0 radical (unpaired) electrons. The Morgan fingerprint density at radius 2 is 2.21 bits per heavy atom. The number of aryl methyl sites for hydroxylation is 1. The van der Waals surface area contributed by atoms with Crippen molar-refractivity contribution < 1.29 is 14.3 Å². The van der Waals surface area contributed by atoms with Crippen LogP contribution in [0.2, 0.25) is 0 Å². The fourth-order valence-corrected chi connectivity index (χ4v) is 3.57. The molecule has 1 aliphatic rings. The molecule has 1 aliphatic carbocycles. The number of nitrogens with two attached hydrogens (primary N) is 1. The average Bonchev–Trinajstić information content (AvgIpc) is 2.86. The van der Waals surface area contributed by atoms with Crippen LogP contribution in [0.4, 0.5) is 5.00 Å². The normalized spacial score (nSPS) is 14.9. The van der Waals surface area contributed by atoms with E-state index in [0.29, 0.717) is 10.6 Å². The summed E-state index contributed by atoms with van der Waals surface area (Å²) < 4.78 is 4.81. The molecule has 6 heteroatoms. The fraction of sp³-hybridized carbons (Fsp3) is 0.538. The van der Waals surface area contributed by atoms with Crippen LogP contribution in [-0.2, 0) is 22.4 Å². The topological polar surface area (TPSA) is 81.4 Å². The second-order valence-corrected chi connectivity index (χ2v) is 5.89. The van der Waals surface area contributed by atoms with E-state index in [1.165, 1.54) is 23.3 Å². The lowest BCUT2D eigenvalue weighted by Crippen LogP contribution is -2.24. The number of esters is 1. The van der Waals surface area contributed by atoms with Crippen molar-refractivity contribution in [3.05, 3.63) is 16.0 Å². The highest BCUT2D eigenvalue weighted by Gasteiger charge is 2.27. The van der Waals surface area contributed by atoms with Crippen LogP contribution >= 0.6 is 11.3 Å². The van der Waals surface area contributed by atoms with Gasteiger partial charge in [-0.05, 0) is 31.7 Å². The molecular formula is C13H18N2O3S. The van der Waals surface area contributed by atoms with Crippen molar-refractivity contribution in [3.63, 3.8) is 0 Å². The summed E-state index contributed by atoms with van der Waals surface area (Å²) in [5.74, 6) is -0.546. The summed E-state index contributed by atoms with van der Waals surface area (Å²) in [7, 11) is 1.36. The van der Waals surface area contributed by atoms with Crippen molar-refractivity contribution in [3.8, 4) is 0 Å². The van der Waals surface area contributed by atoms with Crippen molar-refractivity contribution in [2.24, 2.45) is 5.73 Å². The van der Waals surface area contributed by atoms with Gasteiger partial charge in [0.2, 0.25) is 5.91 Å². The number of carbonyl (C=O) groups excluding carboxylic acids is 2. The Balaban J connectivity index is 2.25. The molecule has 0 aliphatic heterocycles. The summed E-state index contributed by atoms with van der Waals surface area (Å²) >= 11 is 1.47. The Morgan fingerprint density at radius 1 is 1.47 bits per heavy atom. The van der Waals surface area contributed by atoms with Crippen LogP contribution in [-0.4, -0.2) is 25.0 Å². The molecule has 0 fully saturated rings. The second-order valence-electron chi connectivity index (χ2n) is 4.78. The minimum absolute atomic E-state index is 0.167. The van der Waals surface area contributed by atoms with Gasteiger partial charge in [-0.25, -0.2) is 4.79 Å². The number of hydrogen-bond donors (Lipinski definition) is 2. The molecule has 3 N–H and O–H groups in total. The van der Waals surface area contributed by atoms with Gasteiger partial charge in [0, 0.05) is 17.3 Å². The molecule has 19 heavy (non-hydrogen) atoms. The summed E-state index contributed by atoms with van der Waals surface area (Å²) in [6, 6.07) is -0.201. The Kier molecular flexibility index (Phi) is 4.21. The number of carbonyl (C=O) groups is 2. The van der Waals surface area contributed by atoms with E-state index in [0.717, 1.165) is 24.8 Å². The lowest BCUT2D eigenvalue weighted by atomic mass is 10.1. The van der Waals surface area contributed by atoms with E-state index in [-0.39, 0.29) is 24.3 Å². The number of hydrogen-bond acceptors (Lipinski definition) is 5. The number of fused-ring (bicyclic) bond motifs is 1. The summed E-state index contributed by atoms with van der Waals surface area (Å²) in [6.07, 6.45) is 3.13. The van der Waals surface area contributed by atoms with Crippen LogP contribution < -0.4 is 11.1 Å². The van der Waals surface area contributed by atoms with Gasteiger partial charge in [-0.1, -0.05) is 0 Å². The maximum absolute atomic E-state index is 11.9. The van der Waals surface area contributed by atoms with Gasteiger partial charge in [-0.2, -0.15) is 0 Å². The summed E-state index contributed by atoms with van der Waals surface area (Å²) in [5, 5.41) is 3.38. The molecule has 5 nitrogen and oxygen atoms in total. The summed E-state index contributed by atoms with van der Waals surface area (Å²) in [6.45, 7) is 1.77. The number of amides is 1. The van der Waals surface area contributed by atoms with Gasteiger partial charge in [0.15, 0.2) is 0 Å². The molecule has 1 aromatic rings. The molecule has 1 amide bonds. The maximum Gasteiger partial charge on any atom is 0.341 e. The van der Waals surface area contributed by atoms with Crippen molar-refractivity contribution >= 4 is 28.2 Å². The molecule has 0 spiro atoms. The molecule has 1 heterocycles. The van der Waals surface area contributed by atoms with E-state index >= 15 is 0 Å². The predicted octanol–water partition coefficient (Wildman–Crippen LogP) is 1.70. The molecule has 0 saturated carbocycles. The number of methoxy groups -OCH3 is 1. The molecule has 0 bridgehead atoms. The molecule has 2 rings (SSSR count). The van der Waals surface area contributed by atoms with Gasteiger partial charge in [-0.15, -0.1) is 11.3 Å². The van der Waals surface area contributed by atoms with Gasteiger partial charge in [0.25, 0.3) is 0 Å². The Bertz CT molecular complexity index is 508. The molecule has 0 aromatic carbocycles. The molecule has 1 aromatic heterocycles. The van der Waals surface area contributed by atoms with Crippen LogP contribution in [0.1, 0.15) is 40.6 Å². The summed E-state index contributed by atoms with van der Waals surface area (Å²) in [5.41, 5.74) is 7.16. The Labute approximate surface area is 116 Å². The number of ether oxygens (including phenoxy) is 1. The minimum Gasteiger partial charge on any atom is -0.465 e. The minimum atomic E-state index is -0.379. The van der Waals surface area contributed by atoms with Crippen molar-refractivity contribution in [2.45, 2.75) is 38.6 Å². The highest BCUT2D eigenvalue weighted by molar-refractivity contribution is 7.17. The molecular weight excluding hydrogens is 264 g/mol. The fourth-order valence-electron chi connectivity index (χ4n) is 2.28. The van der Waals surface area contributed by atoms with Gasteiger partial charge < -0.3 is 15.8 Å². The van der Waals surface area contributed by atoms with Crippen LogP contribution in [0.25, 0.3) is 0 Å². The molecule has 1 unspecified atom stereocenters. The quantitative estimate of drug-likeness (QED) is 0.824. The third-order valence-electron chi connectivity index (χ3n) is 3.07. The smallest absolute Gasteiger partial charge is 0.341 e. The number of thiophene rings is 1. The summed E-state index contributed by atoms with van der Waals surface area (Å²) in [4.78, 5) is 24.8. The van der Waals surface area contributed by atoms with Crippen LogP contribution in [0.5, 0.6) is 0 Å². The highest BCUT2D eigenvalue weighted by atomic mass is 32.1. The Morgan fingerprint density at radius 3 is 2.84 bits per heavy atom. The molecule has 104 valence electrons. The first-order valence-corrected chi connectivity index (χ1v) is 7.12. The van der Waals surface area contributed by atoms with E-state index in [1.807, 2.05) is 0 Å². The number of rotatable bonds is 4. The van der Waals surface area contributed by atoms with Crippen molar-refractivity contribution in [1.82, 2.24) is 0 Å². The lowest BCUT2D eigenvalue weighted by Gasteiger charge is -2.08. The van der Waals surface area contributed by atoms with Crippen LogP contribution in [0.3, 0.4) is 0 Å². The van der Waals surface area contributed by atoms with Crippen LogP contribution in [0.15, 0.2) is 0 Å². The first-order valence-electron chi connectivity index (χ1n) is 6.31. The van der Waals surface area contributed by atoms with Gasteiger partial charge in [0.1, 0.15) is 5.00 Å². The van der Waals surface area contributed by atoms with E-state index in [1.54, 1.807) is 6.92 Å². The predicted molar refractivity (Wildman–Crippen MR) is 74.6 cm³/mol. The van der Waals surface area contributed by atoms with E-state index in [9.17, 15) is 9.59 Å². The SMILES string of the molecule is COC(=O)c1c(NC(=O)CC(C)N)sc2c1CCC2. The second kappa shape index (κ2) is 5.71. The van der Waals surface area contributed by atoms with E-state index in [4.69, 9.17) is 10.5 Å². The van der Waals surface area contributed by atoms with Gasteiger partial charge in [0.05, 0.1) is 12.7 Å². The molecule has 1 atom stereocenters. The maximum atomic E-state index is 11.9. The Hall–Kier alpha value is -1.40. The zero-order valence-electron chi connectivity index (χ0n) is 11.1. The number of anilines is 1. The number of nitrogens with one attached hydrogen (secondary N) is 1. The van der Waals surface area contributed by atoms with Gasteiger partial charge >= 0.3 is 5.97 Å². The average molecular weight is 282 g/mol.